The van der Waals surface area contributed by atoms with Crippen molar-refractivity contribution in [3.05, 3.63) is 47.3 Å². The molecule has 2 heterocycles. The predicted molar refractivity (Wildman–Crippen MR) is 78.8 cm³/mol. The minimum absolute atomic E-state index is 0.0719. The summed E-state index contributed by atoms with van der Waals surface area (Å²) >= 11 is 0. The Balaban J connectivity index is 1.95. The molecular weight excluding hydrogens is 250 g/mol. The molecule has 2 unspecified atom stereocenters. The first kappa shape index (κ1) is 13.2. The van der Waals surface area contributed by atoms with Gasteiger partial charge in [-0.05, 0) is 19.5 Å². The number of nitrogens with zero attached hydrogens (tertiary/aromatic N) is 2. The van der Waals surface area contributed by atoms with E-state index in [9.17, 15) is 0 Å². The van der Waals surface area contributed by atoms with Crippen molar-refractivity contribution in [1.29, 1.82) is 0 Å². The Kier molecular flexibility index (Phi) is 3.49. The van der Waals surface area contributed by atoms with Gasteiger partial charge in [-0.25, -0.2) is 0 Å². The van der Waals surface area contributed by atoms with Gasteiger partial charge in [-0.1, -0.05) is 25.1 Å². The lowest BCUT2D eigenvalue weighted by Crippen LogP contribution is -2.29. The molecule has 0 amide bonds. The maximum Gasteiger partial charge on any atom is 0.129 e. The summed E-state index contributed by atoms with van der Waals surface area (Å²) in [6, 6.07) is 8.64. The van der Waals surface area contributed by atoms with Crippen LogP contribution in [0, 0.1) is 6.92 Å². The van der Waals surface area contributed by atoms with E-state index in [1.807, 2.05) is 24.7 Å². The molecule has 1 aliphatic heterocycles. The van der Waals surface area contributed by atoms with Gasteiger partial charge in [0.1, 0.15) is 11.9 Å². The zero-order valence-electron chi connectivity index (χ0n) is 12.3. The fourth-order valence-corrected chi connectivity index (χ4v) is 2.98. The number of aryl methyl sites for hydroxylation is 2. The van der Waals surface area contributed by atoms with Gasteiger partial charge in [0.25, 0.3) is 0 Å². The Labute approximate surface area is 119 Å². The van der Waals surface area contributed by atoms with Gasteiger partial charge >= 0.3 is 0 Å². The zero-order chi connectivity index (χ0) is 14.1. The third-order valence-corrected chi connectivity index (χ3v) is 3.86. The molecular formula is C16H21N3O. The number of nitrogens with one attached hydrogen (secondary N) is 1. The van der Waals surface area contributed by atoms with Gasteiger partial charge < -0.3 is 10.1 Å². The Morgan fingerprint density at radius 1 is 1.35 bits per heavy atom. The fraction of sp³-hybridized carbons (Fsp3) is 0.438. The first-order valence-corrected chi connectivity index (χ1v) is 7.18. The zero-order valence-corrected chi connectivity index (χ0v) is 12.3. The highest BCUT2D eigenvalue weighted by molar-refractivity contribution is 5.39. The van der Waals surface area contributed by atoms with Gasteiger partial charge in [0.05, 0.1) is 5.69 Å². The fourth-order valence-electron chi connectivity index (χ4n) is 2.98. The molecule has 1 aromatic carbocycles. The summed E-state index contributed by atoms with van der Waals surface area (Å²) in [5.74, 6) is 0.984. The van der Waals surface area contributed by atoms with Crippen molar-refractivity contribution in [3.63, 3.8) is 0 Å². The average Bonchev–Trinajstić information content (AvgIpc) is 2.78. The van der Waals surface area contributed by atoms with Crippen LogP contribution in [0.4, 0.5) is 0 Å². The Hall–Kier alpha value is -1.81. The normalized spacial score (nSPS) is 21.4. The monoisotopic (exact) mass is 271 g/mol. The number of aromatic nitrogens is 2. The van der Waals surface area contributed by atoms with Crippen LogP contribution < -0.4 is 10.1 Å². The summed E-state index contributed by atoms with van der Waals surface area (Å²) in [7, 11) is 1.95. The van der Waals surface area contributed by atoms with Crippen molar-refractivity contribution in [2.75, 3.05) is 6.54 Å². The minimum Gasteiger partial charge on any atom is -0.485 e. The van der Waals surface area contributed by atoms with Crippen molar-refractivity contribution < 1.29 is 4.74 Å². The molecule has 1 aliphatic rings. The Bertz CT molecular complexity index is 606. The van der Waals surface area contributed by atoms with Gasteiger partial charge in [0, 0.05) is 36.8 Å². The van der Waals surface area contributed by atoms with Crippen LogP contribution in [-0.4, -0.2) is 16.3 Å². The second-order valence-electron chi connectivity index (χ2n) is 5.33. The molecule has 4 heteroatoms. The molecule has 0 bridgehead atoms. The first-order chi connectivity index (χ1) is 9.69. The van der Waals surface area contributed by atoms with Crippen LogP contribution in [0.2, 0.25) is 0 Å². The second-order valence-corrected chi connectivity index (χ2v) is 5.33. The summed E-state index contributed by atoms with van der Waals surface area (Å²) in [6.07, 6.45) is 3.08. The Morgan fingerprint density at radius 3 is 2.85 bits per heavy atom. The largest absolute Gasteiger partial charge is 0.485 e. The molecule has 0 saturated carbocycles. The molecule has 1 aromatic heterocycles. The molecule has 2 aromatic rings. The van der Waals surface area contributed by atoms with E-state index in [2.05, 4.69) is 41.7 Å². The first-order valence-electron chi connectivity index (χ1n) is 7.18. The third kappa shape index (κ3) is 2.31. The van der Waals surface area contributed by atoms with Crippen LogP contribution in [0.15, 0.2) is 30.5 Å². The van der Waals surface area contributed by atoms with E-state index in [4.69, 9.17) is 4.74 Å². The van der Waals surface area contributed by atoms with E-state index in [1.165, 1.54) is 11.1 Å². The van der Waals surface area contributed by atoms with E-state index in [-0.39, 0.29) is 6.10 Å². The number of benzene rings is 1. The minimum atomic E-state index is 0.0719. The highest BCUT2D eigenvalue weighted by atomic mass is 16.5. The van der Waals surface area contributed by atoms with E-state index >= 15 is 0 Å². The van der Waals surface area contributed by atoms with Gasteiger partial charge in [0.2, 0.25) is 0 Å². The van der Waals surface area contributed by atoms with Crippen LogP contribution in [-0.2, 0) is 7.05 Å². The molecule has 0 fully saturated rings. The number of ether oxygens (including phenoxy) is 1. The maximum atomic E-state index is 6.20. The number of hydrogen-bond acceptors (Lipinski definition) is 3. The van der Waals surface area contributed by atoms with Crippen molar-refractivity contribution in [2.45, 2.75) is 32.4 Å². The van der Waals surface area contributed by atoms with Crippen LogP contribution in [0.25, 0.3) is 0 Å². The van der Waals surface area contributed by atoms with Crippen molar-refractivity contribution in [3.8, 4) is 5.75 Å². The number of fused-ring (bicyclic) bond motifs is 1. The topological polar surface area (TPSA) is 39.1 Å². The summed E-state index contributed by atoms with van der Waals surface area (Å²) in [5.41, 5.74) is 3.49. The summed E-state index contributed by atoms with van der Waals surface area (Å²) in [5, 5.41) is 7.99. The molecule has 1 N–H and O–H groups in total. The summed E-state index contributed by atoms with van der Waals surface area (Å²) in [4.78, 5) is 0. The van der Waals surface area contributed by atoms with E-state index in [0.29, 0.717) is 6.04 Å². The van der Waals surface area contributed by atoms with Gasteiger partial charge in [0.15, 0.2) is 0 Å². The van der Waals surface area contributed by atoms with Crippen molar-refractivity contribution in [2.24, 2.45) is 7.05 Å². The molecule has 0 spiro atoms. The number of rotatable bonds is 3. The molecule has 106 valence electrons. The SMILES string of the molecule is CCNC1CC(c2cn(C)nc2C)Oc2ccccc21. The lowest BCUT2D eigenvalue weighted by Gasteiger charge is -2.32. The van der Waals surface area contributed by atoms with Gasteiger partial charge in [-0.15, -0.1) is 0 Å². The van der Waals surface area contributed by atoms with Crippen LogP contribution in [0.3, 0.4) is 0 Å². The average molecular weight is 271 g/mol. The van der Waals surface area contributed by atoms with Gasteiger partial charge in [-0.2, -0.15) is 5.10 Å². The lowest BCUT2D eigenvalue weighted by atomic mass is 9.93. The quantitative estimate of drug-likeness (QED) is 0.933. The smallest absolute Gasteiger partial charge is 0.129 e. The highest BCUT2D eigenvalue weighted by Gasteiger charge is 2.30. The highest BCUT2D eigenvalue weighted by Crippen LogP contribution is 2.41. The Morgan fingerprint density at radius 2 is 2.15 bits per heavy atom. The van der Waals surface area contributed by atoms with Crippen molar-refractivity contribution in [1.82, 2.24) is 15.1 Å². The molecule has 2 atom stereocenters. The van der Waals surface area contributed by atoms with E-state index < -0.39 is 0 Å². The molecule has 0 saturated heterocycles. The lowest BCUT2D eigenvalue weighted by molar-refractivity contribution is 0.151. The summed E-state index contributed by atoms with van der Waals surface area (Å²) < 4.78 is 8.05. The molecule has 20 heavy (non-hydrogen) atoms. The van der Waals surface area contributed by atoms with Crippen LogP contribution in [0.5, 0.6) is 5.75 Å². The molecule has 0 radical (unpaired) electrons. The standard InChI is InChI=1S/C16H21N3O/c1-4-17-14-9-16(13-10-19(3)18-11(13)2)20-15-8-6-5-7-12(14)15/h5-8,10,14,16-17H,4,9H2,1-3H3. The van der Waals surface area contributed by atoms with Crippen LogP contribution >= 0.6 is 0 Å². The third-order valence-electron chi connectivity index (χ3n) is 3.86. The molecule has 4 nitrogen and oxygen atoms in total. The van der Waals surface area contributed by atoms with Crippen LogP contribution in [0.1, 0.15) is 42.3 Å². The molecule has 0 aliphatic carbocycles. The van der Waals surface area contributed by atoms with E-state index in [1.54, 1.807) is 0 Å². The summed E-state index contributed by atoms with van der Waals surface area (Å²) in [6.45, 7) is 5.14. The second kappa shape index (κ2) is 5.29. The number of hydrogen-bond donors (Lipinski definition) is 1. The maximum absolute atomic E-state index is 6.20. The van der Waals surface area contributed by atoms with Crippen molar-refractivity contribution >= 4 is 0 Å². The van der Waals surface area contributed by atoms with Gasteiger partial charge in [-0.3, -0.25) is 4.68 Å². The predicted octanol–water partition coefficient (Wildman–Crippen LogP) is 2.90. The molecule has 3 rings (SSSR count). The number of para-hydroxylation sites is 1. The van der Waals surface area contributed by atoms with E-state index in [0.717, 1.165) is 24.4 Å².